The Labute approximate surface area is 222 Å². The van der Waals surface area contributed by atoms with Crippen molar-refractivity contribution in [3.63, 3.8) is 0 Å². The number of aliphatic hydroxyl groups is 1. The maximum absolute atomic E-state index is 14.0. The summed E-state index contributed by atoms with van der Waals surface area (Å²) in [4.78, 5) is 34.8. The highest BCUT2D eigenvalue weighted by Gasteiger charge is 2.29. The van der Waals surface area contributed by atoms with Gasteiger partial charge in [-0.2, -0.15) is 0 Å². The van der Waals surface area contributed by atoms with Gasteiger partial charge in [-0.3, -0.25) is 9.59 Å². The van der Waals surface area contributed by atoms with Crippen LogP contribution in [0.15, 0.2) is 66.9 Å². The third-order valence-electron chi connectivity index (χ3n) is 7.14. The van der Waals surface area contributed by atoms with Gasteiger partial charge >= 0.3 is 0 Å². The van der Waals surface area contributed by atoms with Crippen LogP contribution >= 0.6 is 0 Å². The summed E-state index contributed by atoms with van der Waals surface area (Å²) in [5.41, 5.74) is 5.36. The first kappa shape index (κ1) is 25.5. The van der Waals surface area contributed by atoms with Gasteiger partial charge < -0.3 is 24.8 Å². The summed E-state index contributed by atoms with van der Waals surface area (Å²) in [6, 6.07) is 20.0. The minimum Gasteiger partial charge on any atom is -0.396 e. The fraction of sp³-hybridized carbons (Fsp3) is 0.300. The molecule has 1 saturated heterocycles. The Hall–Kier alpha value is -4.17. The normalized spacial score (nSPS) is 13.7. The molecule has 1 aliphatic rings. The third-order valence-corrected chi connectivity index (χ3v) is 7.14. The molecule has 2 aromatic heterocycles. The number of fused-ring (bicyclic) bond motifs is 1. The van der Waals surface area contributed by atoms with Gasteiger partial charge in [-0.1, -0.05) is 42.0 Å². The van der Waals surface area contributed by atoms with Crippen LogP contribution in [0.4, 0.5) is 5.82 Å². The lowest BCUT2D eigenvalue weighted by Crippen LogP contribution is -2.49. The van der Waals surface area contributed by atoms with Gasteiger partial charge in [0.25, 0.3) is 11.8 Å². The molecule has 0 bridgehead atoms. The molecule has 3 heterocycles. The summed E-state index contributed by atoms with van der Waals surface area (Å²) in [6.07, 6.45) is 2.09. The number of aryl methyl sites for hydroxylation is 2. The molecule has 2 amide bonds. The number of nitrogens with zero attached hydrogens (tertiary/aromatic N) is 4. The second kappa shape index (κ2) is 11.1. The van der Waals surface area contributed by atoms with E-state index in [2.05, 4.69) is 57.0 Å². The molecular weight excluding hydrogens is 478 g/mol. The number of benzene rings is 2. The number of carbonyl (C=O) groups is 2. The van der Waals surface area contributed by atoms with E-state index in [-0.39, 0.29) is 18.4 Å². The van der Waals surface area contributed by atoms with Crippen molar-refractivity contribution in [1.29, 1.82) is 0 Å². The number of carbonyl (C=O) groups excluding carboxylic acids is 2. The van der Waals surface area contributed by atoms with Crippen LogP contribution < -0.4 is 10.2 Å². The predicted molar refractivity (Wildman–Crippen MR) is 149 cm³/mol. The highest BCUT2D eigenvalue weighted by molar-refractivity contribution is 6.13. The topological polar surface area (TPSA) is 90.7 Å². The summed E-state index contributed by atoms with van der Waals surface area (Å²) in [7, 11) is 2.02. The van der Waals surface area contributed by atoms with Crippen LogP contribution in [0.1, 0.15) is 32.7 Å². The van der Waals surface area contributed by atoms with E-state index in [0.29, 0.717) is 44.7 Å². The number of amides is 2. The number of hydrogen-bond acceptors (Lipinski definition) is 5. The second-order valence-electron chi connectivity index (χ2n) is 9.69. The first-order chi connectivity index (χ1) is 18.5. The van der Waals surface area contributed by atoms with Crippen molar-refractivity contribution in [2.75, 3.05) is 44.2 Å². The highest BCUT2D eigenvalue weighted by Crippen LogP contribution is 2.35. The Morgan fingerprint density at radius 2 is 1.76 bits per heavy atom. The van der Waals surface area contributed by atoms with E-state index < -0.39 is 0 Å². The summed E-state index contributed by atoms with van der Waals surface area (Å²) in [6.45, 7) is 5.00. The van der Waals surface area contributed by atoms with Gasteiger partial charge in [0, 0.05) is 63.5 Å². The smallest absolute Gasteiger partial charge is 0.256 e. The number of rotatable bonds is 7. The zero-order chi connectivity index (χ0) is 26.6. The number of piperazine rings is 1. The van der Waals surface area contributed by atoms with Crippen LogP contribution in [0.2, 0.25) is 0 Å². The number of aliphatic hydroxyl groups excluding tert-OH is 1. The lowest BCUT2D eigenvalue weighted by molar-refractivity contribution is 0.0748. The molecule has 2 N–H and O–H groups in total. The zero-order valence-electron chi connectivity index (χ0n) is 21.9. The number of nitrogens with one attached hydrogen (secondary N) is 1. The van der Waals surface area contributed by atoms with Crippen LogP contribution in [0, 0.1) is 6.92 Å². The van der Waals surface area contributed by atoms with Crippen molar-refractivity contribution < 1.29 is 14.7 Å². The van der Waals surface area contributed by atoms with E-state index in [4.69, 9.17) is 5.11 Å². The summed E-state index contributed by atoms with van der Waals surface area (Å²) in [5.74, 6) is 0.629. The van der Waals surface area contributed by atoms with Crippen molar-refractivity contribution >= 4 is 28.5 Å². The minimum absolute atomic E-state index is 0.0413. The molecule has 8 nitrogen and oxygen atoms in total. The standard InChI is InChI=1S/C30H33N5O3/c1-21-9-11-25-24(19-21)27(28(33(25)2)22-7-4-3-5-8-22)30(38)35-16-14-34(15-17-35)26-12-10-23(20-32-26)29(37)31-13-6-18-36/h3-5,7-12,19-20,36H,6,13-18H2,1-2H3,(H,31,37). The lowest BCUT2D eigenvalue weighted by atomic mass is 10.0. The zero-order valence-corrected chi connectivity index (χ0v) is 21.9. The van der Waals surface area contributed by atoms with Crippen LogP contribution in [0.3, 0.4) is 0 Å². The fourth-order valence-corrected chi connectivity index (χ4v) is 5.10. The quantitative estimate of drug-likeness (QED) is 0.370. The van der Waals surface area contributed by atoms with Gasteiger partial charge in [0.2, 0.25) is 0 Å². The van der Waals surface area contributed by atoms with Gasteiger partial charge in [0.15, 0.2) is 0 Å². The van der Waals surface area contributed by atoms with Gasteiger partial charge in [0.1, 0.15) is 5.82 Å². The molecule has 5 rings (SSSR count). The lowest BCUT2D eigenvalue weighted by Gasteiger charge is -2.35. The van der Waals surface area contributed by atoms with Gasteiger partial charge in [0.05, 0.1) is 16.8 Å². The van der Waals surface area contributed by atoms with E-state index in [1.807, 2.05) is 36.2 Å². The second-order valence-corrected chi connectivity index (χ2v) is 9.69. The van der Waals surface area contributed by atoms with Gasteiger partial charge in [-0.15, -0.1) is 0 Å². The molecule has 0 atom stereocenters. The summed E-state index contributed by atoms with van der Waals surface area (Å²) in [5, 5.41) is 12.6. The predicted octanol–water partition coefficient (Wildman–Crippen LogP) is 3.62. The molecule has 0 unspecified atom stereocenters. The molecule has 0 radical (unpaired) electrons. The average Bonchev–Trinajstić information content (AvgIpc) is 3.24. The molecule has 4 aromatic rings. The van der Waals surface area contributed by atoms with Crippen LogP contribution in [0.5, 0.6) is 0 Å². The Balaban J connectivity index is 1.34. The van der Waals surface area contributed by atoms with Crippen molar-refractivity contribution in [3.05, 3.63) is 83.6 Å². The van der Waals surface area contributed by atoms with Crippen LogP contribution in [-0.2, 0) is 7.05 Å². The van der Waals surface area contributed by atoms with Crippen LogP contribution in [0.25, 0.3) is 22.2 Å². The number of aromatic nitrogens is 2. The first-order valence-electron chi connectivity index (χ1n) is 13.0. The summed E-state index contributed by atoms with van der Waals surface area (Å²) < 4.78 is 2.12. The van der Waals surface area contributed by atoms with E-state index in [9.17, 15) is 9.59 Å². The largest absolute Gasteiger partial charge is 0.396 e. The SMILES string of the molecule is Cc1ccc2c(c1)c(C(=O)N1CCN(c3ccc(C(=O)NCCCO)cn3)CC1)c(-c1ccccc1)n2C. The Bertz CT molecular complexity index is 1440. The first-order valence-corrected chi connectivity index (χ1v) is 13.0. The Kier molecular flexibility index (Phi) is 7.42. The van der Waals surface area contributed by atoms with Gasteiger partial charge in [-0.25, -0.2) is 4.98 Å². The molecule has 0 aliphatic carbocycles. The maximum atomic E-state index is 14.0. The number of hydrogen-bond donors (Lipinski definition) is 2. The monoisotopic (exact) mass is 511 g/mol. The fourth-order valence-electron chi connectivity index (χ4n) is 5.10. The molecule has 1 aliphatic heterocycles. The number of pyridine rings is 1. The van der Waals surface area contributed by atoms with E-state index >= 15 is 0 Å². The molecule has 8 heteroatoms. The molecule has 38 heavy (non-hydrogen) atoms. The van der Waals surface area contributed by atoms with Gasteiger partial charge in [-0.05, 0) is 43.2 Å². The maximum Gasteiger partial charge on any atom is 0.256 e. The Morgan fingerprint density at radius 3 is 2.45 bits per heavy atom. The molecule has 196 valence electrons. The van der Waals surface area contributed by atoms with Crippen molar-refractivity contribution in [2.45, 2.75) is 13.3 Å². The minimum atomic E-state index is -0.201. The van der Waals surface area contributed by atoms with E-state index in [1.54, 1.807) is 12.3 Å². The van der Waals surface area contributed by atoms with Crippen molar-refractivity contribution in [2.24, 2.45) is 7.05 Å². The molecular formula is C30H33N5O3. The van der Waals surface area contributed by atoms with Crippen molar-refractivity contribution in [3.8, 4) is 11.3 Å². The Morgan fingerprint density at radius 1 is 1.00 bits per heavy atom. The van der Waals surface area contributed by atoms with Crippen molar-refractivity contribution in [1.82, 2.24) is 19.8 Å². The third kappa shape index (κ3) is 4.99. The van der Waals surface area contributed by atoms with E-state index in [1.165, 1.54) is 0 Å². The summed E-state index contributed by atoms with van der Waals surface area (Å²) >= 11 is 0. The number of anilines is 1. The van der Waals surface area contributed by atoms with Crippen LogP contribution in [-0.4, -0.2) is 70.7 Å². The molecule has 0 spiro atoms. The molecule has 2 aromatic carbocycles. The van der Waals surface area contributed by atoms with E-state index in [0.717, 1.165) is 39.1 Å². The molecule has 0 saturated carbocycles. The molecule has 1 fully saturated rings. The highest BCUT2D eigenvalue weighted by atomic mass is 16.3. The average molecular weight is 512 g/mol.